The van der Waals surface area contributed by atoms with Gasteiger partial charge in [0.25, 0.3) is 5.95 Å². The van der Waals surface area contributed by atoms with Crippen molar-refractivity contribution in [2.24, 2.45) is 0 Å². The van der Waals surface area contributed by atoms with Crippen LogP contribution in [0.15, 0.2) is 6.20 Å². The maximum Gasteiger partial charge on any atom is 0.251 e. The van der Waals surface area contributed by atoms with Gasteiger partial charge in [-0.05, 0) is 0 Å². The van der Waals surface area contributed by atoms with E-state index in [1.165, 1.54) is 4.90 Å². The van der Waals surface area contributed by atoms with E-state index in [0.29, 0.717) is 32.4 Å². The van der Waals surface area contributed by atoms with Gasteiger partial charge in [-0.1, -0.05) is 0 Å². The van der Waals surface area contributed by atoms with Crippen LogP contribution in [0.4, 0.5) is 18.9 Å². The molecule has 2 heterocycles. The molecule has 1 aliphatic rings. The highest BCUT2D eigenvalue weighted by molar-refractivity contribution is 5.48. The van der Waals surface area contributed by atoms with E-state index in [0.717, 1.165) is 0 Å². The molecule has 0 bridgehead atoms. The van der Waals surface area contributed by atoms with Crippen LogP contribution in [0.2, 0.25) is 0 Å². The molecule has 0 spiro atoms. The number of hydrogen-bond acceptors (Lipinski definition) is 3. The van der Waals surface area contributed by atoms with E-state index in [4.69, 9.17) is 0 Å². The quantitative estimate of drug-likeness (QED) is 0.709. The topological polar surface area (TPSA) is 28.2 Å². The molecule has 15 heavy (non-hydrogen) atoms. The van der Waals surface area contributed by atoms with Crippen molar-refractivity contribution in [3.05, 3.63) is 23.8 Å². The molecule has 1 N–H and O–H groups in total. The Labute approximate surface area is 84.9 Å². The fraction of sp³-hybridized carbons (Fsp3) is 0.444. The van der Waals surface area contributed by atoms with Gasteiger partial charge < -0.3 is 10.2 Å². The molecule has 0 saturated carbocycles. The van der Waals surface area contributed by atoms with Gasteiger partial charge in [0.15, 0.2) is 5.82 Å². The van der Waals surface area contributed by atoms with E-state index in [1.54, 1.807) is 0 Å². The largest absolute Gasteiger partial charge is 0.364 e. The van der Waals surface area contributed by atoms with Crippen molar-refractivity contribution in [2.45, 2.75) is 0 Å². The number of rotatable bonds is 1. The van der Waals surface area contributed by atoms with E-state index in [-0.39, 0.29) is 5.69 Å². The normalized spacial score (nSPS) is 16.9. The maximum absolute atomic E-state index is 13.3. The number of hydrogen-bond donors (Lipinski definition) is 1. The average Bonchev–Trinajstić information content (AvgIpc) is 2.26. The van der Waals surface area contributed by atoms with Crippen molar-refractivity contribution in [3.63, 3.8) is 0 Å². The lowest BCUT2D eigenvalue weighted by atomic mass is 10.3. The second kappa shape index (κ2) is 4.06. The Morgan fingerprint density at radius 3 is 2.53 bits per heavy atom. The second-order valence-corrected chi connectivity index (χ2v) is 3.30. The molecular formula is C9H10F3N3. The molecule has 82 valence electrons. The first kappa shape index (κ1) is 10.2. The Kier molecular flexibility index (Phi) is 2.77. The summed E-state index contributed by atoms with van der Waals surface area (Å²) in [6, 6.07) is 0. The predicted octanol–water partition coefficient (Wildman–Crippen LogP) is 0.909. The molecule has 0 aromatic carbocycles. The van der Waals surface area contributed by atoms with Crippen molar-refractivity contribution >= 4 is 5.69 Å². The molecule has 1 fully saturated rings. The van der Waals surface area contributed by atoms with Gasteiger partial charge in [-0.15, -0.1) is 0 Å². The first-order chi connectivity index (χ1) is 7.20. The molecule has 0 atom stereocenters. The Hall–Kier alpha value is -1.30. The lowest BCUT2D eigenvalue weighted by Crippen LogP contribution is -2.44. The standard InChI is InChI=1S/C9H10F3N3/c10-6-5-14-9(12)7(11)8(6)15-3-1-13-2-4-15/h5,13H,1-4H2. The molecule has 0 unspecified atom stereocenters. The van der Waals surface area contributed by atoms with Crippen molar-refractivity contribution in [1.29, 1.82) is 0 Å². The predicted molar refractivity (Wildman–Crippen MR) is 49.2 cm³/mol. The summed E-state index contributed by atoms with van der Waals surface area (Å²) in [6.45, 7) is 2.17. The molecule has 1 aliphatic heterocycles. The SMILES string of the molecule is Fc1cnc(F)c(F)c1N1CCNCC1. The van der Waals surface area contributed by atoms with Gasteiger partial charge in [-0.25, -0.2) is 9.37 Å². The minimum Gasteiger partial charge on any atom is -0.364 e. The van der Waals surface area contributed by atoms with Gasteiger partial charge in [0, 0.05) is 26.2 Å². The summed E-state index contributed by atoms with van der Waals surface area (Å²) in [5.41, 5.74) is -0.316. The van der Waals surface area contributed by atoms with Crippen LogP contribution in [-0.2, 0) is 0 Å². The summed E-state index contributed by atoms with van der Waals surface area (Å²) in [5.74, 6) is -3.29. The minimum atomic E-state index is -1.26. The number of halogens is 3. The number of nitrogens with one attached hydrogen (secondary N) is 1. The van der Waals surface area contributed by atoms with E-state index in [1.807, 2.05) is 0 Å². The minimum absolute atomic E-state index is 0.316. The smallest absolute Gasteiger partial charge is 0.251 e. The lowest BCUT2D eigenvalue weighted by molar-refractivity contribution is 0.456. The zero-order valence-corrected chi connectivity index (χ0v) is 7.93. The summed E-state index contributed by atoms with van der Waals surface area (Å²) in [6.07, 6.45) is 0.704. The van der Waals surface area contributed by atoms with Gasteiger partial charge in [0.2, 0.25) is 5.82 Å². The Morgan fingerprint density at radius 1 is 1.20 bits per heavy atom. The summed E-state index contributed by atoms with van der Waals surface area (Å²) < 4.78 is 39.4. The van der Waals surface area contributed by atoms with Crippen molar-refractivity contribution in [3.8, 4) is 0 Å². The molecule has 0 radical (unpaired) electrons. The first-order valence-corrected chi connectivity index (χ1v) is 4.65. The van der Waals surface area contributed by atoms with Crippen LogP contribution < -0.4 is 10.2 Å². The summed E-state index contributed by atoms with van der Waals surface area (Å²) >= 11 is 0. The van der Waals surface area contributed by atoms with E-state index >= 15 is 0 Å². The molecule has 0 amide bonds. The van der Waals surface area contributed by atoms with Crippen LogP contribution in [0, 0.1) is 17.6 Å². The van der Waals surface area contributed by atoms with E-state index in [2.05, 4.69) is 10.3 Å². The first-order valence-electron chi connectivity index (χ1n) is 4.65. The number of aromatic nitrogens is 1. The maximum atomic E-state index is 13.3. The Morgan fingerprint density at radius 2 is 1.87 bits per heavy atom. The lowest BCUT2D eigenvalue weighted by Gasteiger charge is -2.29. The Balaban J connectivity index is 2.36. The highest BCUT2D eigenvalue weighted by atomic mass is 19.2. The Bertz CT molecular complexity index is 364. The third-order valence-corrected chi connectivity index (χ3v) is 2.34. The summed E-state index contributed by atoms with van der Waals surface area (Å²) in [4.78, 5) is 4.45. The van der Waals surface area contributed by atoms with Crippen LogP contribution in [0.3, 0.4) is 0 Å². The fourth-order valence-electron chi connectivity index (χ4n) is 1.61. The monoisotopic (exact) mass is 217 g/mol. The number of piperazine rings is 1. The van der Waals surface area contributed by atoms with Gasteiger partial charge in [-0.2, -0.15) is 8.78 Å². The highest BCUT2D eigenvalue weighted by Gasteiger charge is 2.22. The van der Waals surface area contributed by atoms with Crippen molar-refractivity contribution in [1.82, 2.24) is 10.3 Å². The van der Waals surface area contributed by atoms with E-state index < -0.39 is 17.6 Å². The fourth-order valence-corrected chi connectivity index (χ4v) is 1.61. The van der Waals surface area contributed by atoms with Crippen molar-refractivity contribution < 1.29 is 13.2 Å². The van der Waals surface area contributed by atoms with Crippen LogP contribution >= 0.6 is 0 Å². The molecular weight excluding hydrogens is 207 g/mol. The van der Waals surface area contributed by atoms with Crippen LogP contribution in [-0.4, -0.2) is 31.2 Å². The van der Waals surface area contributed by atoms with Gasteiger partial charge >= 0.3 is 0 Å². The molecule has 1 saturated heterocycles. The zero-order chi connectivity index (χ0) is 10.8. The van der Waals surface area contributed by atoms with E-state index in [9.17, 15) is 13.2 Å². The number of pyridine rings is 1. The third kappa shape index (κ3) is 1.90. The van der Waals surface area contributed by atoms with Crippen LogP contribution in [0.1, 0.15) is 0 Å². The van der Waals surface area contributed by atoms with Gasteiger partial charge in [0.05, 0.1) is 6.20 Å². The van der Waals surface area contributed by atoms with Crippen molar-refractivity contribution in [2.75, 3.05) is 31.1 Å². The number of anilines is 1. The molecule has 6 heteroatoms. The van der Waals surface area contributed by atoms with Crippen LogP contribution in [0.25, 0.3) is 0 Å². The zero-order valence-electron chi connectivity index (χ0n) is 7.93. The molecule has 1 aromatic heterocycles. The molecule has 0 aliphatic carbocycles. The van der Waals surface area contributed by atoms with Gasteiger partial charge in [-0.3, -0.25) is 0 Å². The highest BCUT2D eigenvalue weighted by Crippen LogP contribution is 2.24. The third-order valence-electron chi connectivity index (χ3n) is 2.34. The van der Waals surface area contributed by atoms with Crippen LogP contribution in [0.5, 0.6) is 0 Å². The average molecular weight is 217 g/mol. The second-order valence-electron chi connectivity index (χ2n) is 3.30. The summed E-state index contributed by atoms with van der Waals surface area (Å²) in [5, 5.41) is 3.04. The molecule has 1 aromatic rings. The molecule has 3 nitrogen and oxygen atoms in total. The van der Waals surface area contributed by atoms with Gasteiger partial charge in [0.1, 0.15) is 5.69 Å². The molecule has 2 rings (SSSR count). The summed E-state index contributed by atoms with van der Waals surface area (Å²) in [7, 11) is 0. The number of nitrogens with zero attached hydrogens (tertiary/aromatic N) is 2.